The van der Waals surface area contributed by atoms with E-state index in [0.29, 0.717) is 6.04 Å². The van der Waals surface area contributed by atoms with Crippen LogP contribution in [-0.2, 0) is 6.54 Å². The number of hydrogen-bond acceptors (Lipinski definition) is 4. The third-order valence-electron chi connectivity index (χ3n) is 3.06. The molecule has 0 spiro atoms. The fourth-order valence-corrected chi connectivity index (χ4v) is 3.88. The SMILES string of the molecule is CN(C)CC1CC(O)CN1Cc1cc(Br)cs1. The molecule has 1 aromatic heterocycles. The van der Waals surface area contributed by atoms with Gasteiger partial charge in [0, 0.05) is 40.4 Å². The van der Waals surface area contributed by atoms with Crippen molar-refractivity contribution in [2.75, 3.05) is 27.2 Å². The van der Waals surface area contributed by atoms with Gasteiger partial charge in [-0.05, 0) is 42.5 Å². The molecule has 1 aliphatic heterocycles. The van der Waals surface area contributed by atoms with Crippen LogP contribution in [0.15, 0.2) is 15.9 Å². The zero-order valence-corrected chi connectivity index (χ0v) is 12.7. The summed E-state index contributed by atoms with van der Waals surface area (Å²) in [4.78, 5) is 5.94. The maximum absolute atomic E-state index is 9.80. The summed E-state index contributed by atoms with van der Waals surface area (Å²) in [5.41, 5.74) is 0. The van der Waals surface area contributed by atoms with Crippen LogP contribution in [0.3, 0.4) is 0 Å². The molecule has 0 bridgehead atoms. The molecular weight excluding hydrogens is 300 g/mol. The van der Waals surface area contributed by atoms with Gasteiger partial charge in [0.2, 0.25) is 0 Å². The highest BCUT2D eigenvalue weighted by molar-refractivity contribution is 9.10. The highest BCUT2D eigenvalue weighted by Crippen LogP contribution is 2.25. The molecule has 0 amide bonds. The summed E-state index contributed by atoms with van der Waals surface area (Å²) in [6.45, 7) is 2.77. The van der Waals surface area contributed by atoms with E-state index >= 15 is 0 Å². The van der Waals surface area contributed by atoms with Gasteiger partial charge >= 0.3 is 0 Å². The zero-order valence-electron chi connectivity index (χ0n) is 10.3. The Morgan fingerprint density at radius 1 is 1.59 bits per heavy atom. The van der Waals surface area contributed by atoms with Gasteiger partial charge in [-0.2, -0.15) is 0 Å². The highest BCUT2D eigenvalue weighted by Gasteiger charge is 2.31. The van der Waals surface area contributed by atoms with Gasteiger partial charge in [-0.15, -0.1) is 11.3 Å². The van der Waals surface area contributed by atoms with Crippen LogP contribution in [0.1, 0.15) is 11.3 Å². The minimum absolute atomic E-state index is 0.164. The summed E-state index contributed by atoms with van der Waals surface area (Å²) in [5, 5.41) is 11.9. The van der Waals surface area contributed by atoms with E-state index in [1.54, 1.807) is 11.3 Å². The van der Waals surface area contributed by atoms with Crippen molar-refractivity contribution < 1.29 is 5.11 Å². The molecule has 0 saturated carbocycles. The van der Waals surface area contributed by atoms with Crippen molar-refractivity contribution >= 4 is 27.3 Å². The van der Waals surface area contributed by atoms with Crippen molar-refractivity contribution in [3.8, 4) is 0 Å². The zero-order chi connectivity index (χ0) is 12.4. The van der Waals surface area contributed by atoms with Crippen LogP contribution in [0.4, 0.5) is 0 Å². The summed E-state index contributed by atoms with van der Waals surface area (Å²) in [7, 11) is 4.18. The average Bonchev–Trinajstić information content (AvgIpc) is 2.74. The predicted octanol–water partition coefficient (Wildman–Crippen LogP) is 2.01. The molecule has 1 saturated heterocycles. The lowest BCUT2D eigenvalue weighted by Crippen LogP contribution is -2.36. The number of aliphatic hydroxyl groups excluding tert-OH is 1. The molecule has 0 aromatic carbocycles. The van der Waals surface area contributed by atoms with Gasteiger partial charge in [0.15, 0.2) is 0 Å². The second kappa shape index (κ2) is 5.80. The molecule has 1 N–H and O–H groups in total. The minimum atomic E-state index is -0.164. The Morgan fingerprint density at radius 2 is 2.35 bits per heavy atom. The molecule has 1 fully saturated rings. The Labute approximate surface area is 115 Å². The molecule has 2 heterocycles. The Morgan fingerprint density at radius 3 is 2.94 bits per heavy atom. The highest BCUT2D eigenvalue weighted by atomic mass is 79.9. The van der Waals surface area contributed by atoms with Crippen LogP contribution in [0.5, 0.6) is 0 Å². The maximum Gasteiger partial charge on any atom is 0.0682 e. The van der Waals surface area contributed by atoms with E-state index in [-0.39, 0.29) is 6.10 Å². The van der Waals surface area contributed by atoms with Crippen molar-refractivity contribution in [3.05, 3.63) is 20.8 Å². The predicted molar refractivity (Wildman–Crippen MR) is 75.4 cm³/mol. The summed E-state index contributed by atoms with van der Waals surface area (Å²) in [6.07, 6.45) is 0.730. The Hall–Kier alpha value is 0.0600. The van der Waals surface area contributed by atoms with Crippen LogP contribution < -0.4 is 0 Å². The summed E-state index contributed by atoms with van der Waals surface area (Å²) in [6, 6.07) is 2.64. The van der Waals surface area contributed by atoms with Crippen LogP contribution in [0.2, 0.25) is 0 Å². The average molecular weight is 319 g/mol. The van der Waals surface area contributed by atoms with E-state index in [1.165, 1.54) is 4.88 Å². The lowest BCUT2D eigenvalue weighted by atomic mass is 10.2. The largest absolute Gasteiger partial charge is 0.392 e. The van der Waals surface area contributed by atoms with Crippen LogP contribution >= 0.6 is 27.3 Å². The molecule has 0 aliphatic carbocycles. The molecular formula is C12H19BrN2OS. The molecule has 3 nitrogen and oxygen atoms in total. The fraction of sp³-hybridized carbons (Fsp3) is 0.667. The first-order chi connectivity index (χ1) is 8.04. The minimum Gasteiger partial charge on any atom is -0.392 e. The lowest BCUT2D eigenvalue weighted by molar-refractivity contribution is 0.170. The van der Waals surface area contributed by atoms with Crippen molar-refractivity contribution in [3.63, 3.8) is 0 Å². The van der Waals surface area contributed by atoms with Crippen molar-refractivity contribution in [2.45, 2.75) is 25.1 Å². The molecule has 1 aliphatic rings. The topological polar surface area (TPSA) is 26.7 Å². The number of halogens is 1. The van der Waals surface area contributed by atoms with E-state index in [9.17, 15) is 5.11 Å². The van der Waals surface area contributed by atoms with Crippen molar-refractivity contribution in [2.24, 2.45) is 0 Å². The Kier molecular flexibility index (Phi) is 4.60. The summed E-state index contributed by atoms with van der Waals surface area (Å²) < 4.78 is 1.15. The van der Waals surface area contributed by atoms with Crippen molar-refractivity contribution in [1.82, 2.24) is 9.80 Å². The molecule has 2 rings (SSSR count). The fourth-order valence-electron chi connectivity index (χ4n) is 2.40. The number of β-amino-alcohol motifs (C(OH)–C–C–N with tert-alkyl or cyclic N) is 1. The first-order valence-corrected chi connectivity index (χ1v) is 7.51. The first-order valence-electron chi connectivity index (χ1n) is 5.84. The number of nitrogens with zero attached hydrogens (tertiary/aromatic N) is 2. The second-order valence-corrected chi connectivity index (χ2v) is 6.88. The van der Waals surface area contributed by atoms with Gasteiger partial charge in [0.25, 0.3) is 0 Å². The van der Waals surface area contributed by atoms with Crippen molar-refractivity contribution in [1.29, 1.82) is 0 Å². The third kappa shape index (κ3) is 3.76. The summed E-state index contributed by atoms with van der Waals surface area (Å²) >= 11 is 5.26. The van der Waals surface area contributed by atoms with Gasteiger partial charge in [-0.3, -0.25) is 4.90 Å². The molecule has 0 radical (unpaired) electrons. The van der Waals surface area contributed by atoms with E-state index < -0.39 is 0 Å². The van der Waals surface area contributed by atoms with Crippen LogP contribution in [-0.4, -0.2) is 54.2 Å². The molecule has 2 unspecified atom stereocenters. The normalized spacial score (nSPS) is 25.9. The molecule has 96 valence electrons. The Balaban J connectivity index is 1.98. The van der Waals surface area contributed by atoms with Crippen LogP contribution in [0.25, 0.3) is 0 Å². The number of aliphatic hydroxyl groups is 1. The summed E-state index contributed by atoms with van der Waals surface area (Å²) in [5.74, 6) is 0. The van der Waals surface area contributed by atoms with Crippen LogP contribution in [0, 0.1) is 0 Å². The van der Waals surface area contributed by atoms with Gasteiger partial charge in [0.1, 0.15) is 0 Å². The molecule has 1 aromatic rings. The Bertz CT molecular complexity index is 369. The lowest BCUT2D eigenvalue weighted by Gasteiger charge is -2.26. The molecule has 2 atom stereocenters. The first kappa shape index (κ1) is 13.5. The molecule has 5 heteroatoms. The second-order valence-electron chi connectivity index (χ2n) is 4.97. The van der Waals surface area contributed by atoms with E-state index in [0.717, 1.165) is 30.5 Å². The third-order valence-corrected chi connectivity index (χ3v) is 4.74. The number of rotatable bonds is 4. The number of thiophene rings is 1. The smallest absolute Gasteiger partial charge is 0.0682 e. The van der Waals surface area contributed by atoms with Gasteiger partial charge in [0.05, 0.1) is 6.10 Å². The number of hydrogen-bond donors (Lipinski definition) is 1. The number of likely N-dealkylation sites (tertiary alicyclic amines) is 1. The van der Waals surface area contributed by atoms with Gasteiger partial charge in [-0.1, -0.05) is 0 Å². The van der Waals surface area contributed by atoms with E-state index in [1.807, 2.05) is 0 Å². The van der Waals surface area contributed by atoms with E-state index in [2.05, 4.69) is 51.3 Å². The van der Waals surface area contributed by atoms with Gasteiger partial charge in [-0.25, -0.2) is 0 Å². The monoisotopic (exact) mass is 318 g/mol. The van der Waals surface area contributed by atoms with E-state index in [4.69, 9.17) is 0 Å². The van der Waals surface area contributed by atoms with Gasteiger partial charge < -0.3 is 10.0 Å². The number of likely N-dealkylation sites (N-methyl/N-ethyl adjacent to an activating group) is 1. The standard InChI is InChI=1S/C12H19BrN2OS/c1-14(2)5-10-4-11(16)6-15(10)7-12-3-9(13)8-17-12/h3,8,10-11,16H,4-7H2,1-2H3. The quantitative estimate of drug-likeness (QED) is 0.920. The maximum atomic E-state index is 9.80. The molecule has 17 heavy (non-hydrogen) atoms.